The number of rotatable bonds is 2. The fourth-order valence-corrected chi connectivity index (χ4v) is 1.68. The van der Waals surface area contributed by atoms with Gasteiger partial charge in [0.2, 0.25) is 0 Å². The zero-order chi connectivity index (χ0) is 14.0. The lowest BCUT2D eigenvalue weighted by Crippen LogP contribution is -2.34. The number of fused-ring (bicyclic) bond motifs is 1. The molecule has 0 unspecified atom stereocenters. The van der Waals surface area contributed by atoms with E-state index >= 15 is 0 Å². The summed E-state index contributed by atoms with van der Waals surface area (Å²) >= 11 is 0. The largest absolute Gasteiger partial charge is 0.459 e. The van der Waals surface area contributed by atoms with Gasteiger partial charge < -0.3 is 19.6 Å². The maximum Gasteiger partial charge on any atom is 0.397 e. The number of carbonyl (C=O) groups excluding carboxylic acids is 2. The van der Waals surface area contributed by atoms with Gasteiger partial charge in [0.05, 0.1) is 17.6 Å². The van der Waals surface area contributed by atoms with Crippen LogP contribution in [-0.2, 0) is 14.3 Å². The average Bonchev–Trinajstić information content (AvgIpc) is 2.76. The van der Waals surface area contributed by atoms with Gasteiger partial charge >= 0.3 is 17.6 Å². The smallest absolute Gasteiger partial charge is 0.397 e. The molecule has 0 spiro atoms. The number of H-pyrrole nitrogens is 2. The van der Waals surface area contributed by atoms with E-state index in [9.17, 15) is 14.4 Å². The molecule has 7 nitrogen and oxygen atoms in total. The molecule has 100 valence electrons. The number of amides is 1. The molecule has 0 atom stereocenters. The van der Waals surface area contributed by atoms with Gasteiger partial charge in [-0.1, -0.05) is 0 Å². The van der Waals surface area contributed by atoms with Gasteiger partial charge in [0.15, 0.2) is 0 Å². The third kappa shape index (κ3) is 2.49. The number of hydrogen-bond donors (Lipinski definition) is 2. The summed E-state index contributed by atoms with van der Waals surface area (Å²) in [5.41, 5.74) is 1.35. The Morgan fingerprint density at radius 2 is 1.95 bits per heavy atom. The first kappa shape index (κ1) is 12.9. The van der Waals surface area contributed by atoms with E-state index < -0.39 is 11.9 Å². The summed E-state index contributed by atoms with van der Waals surface area (Å²) in [7, 11) is 1.46. The summed E-state index contributed by atoms with van der Waals surface area (Å²) in [6, 6.07) is 4.88. The Hall–Kier alpha value is -2.57. The van der Waals surface area contributed by atoms with Gasteiger partial charge in [-0.3, -0.25) is 4.79 Å². The standard InChI is InChI=1S/C12H13N3O4/c1-3-19-11(17)10(16)15(2)7-4-5-8-9(6-7)14-12(18)13-8/h4-6H,3H2,1-2H3,(H2,13,14,18). The van der Waals surface area contributed by atoms with Crippen molar-refractivity contribution in [2.24, 2.45) is 0 Å². The van der Waals surface area contributed by atoms with Gasteiger partial charge in [0, 0.05) is 12.7 Å². The summed E-state index contributed by atoms with van der Waals surface area (Å²) in [5.74, 6) is -1.67. The molecular formula is C12H13N3O4. The van der Waals surface area contributed by atoms with E-state index in [1.807, 2.05) is 0 Å². The lowest BCUT2D eigenvalue weighted by Gasteiger charge is -2.15. The van der Waals surface area contributed by atoms with Crippen LogP contribution >= 0.6 is 0 Å². The Balaban J connectivity index is 2.30. The Bertz CT molecular complexity index is 686. The number of imidazole rings is 1. The van der Waals surface area contributed by atoms with Gasteiger partial charge in [0.25, 0.3) is 0 Å². The lowest BCUT2D eigenvalue weighted by atomic mass is 10.2. The molecule has 2 aromatic rings. The number of likely N-dealkylation sites (N-methyl/N-ethyl adjacent to an activating group) is 1. The molecule has 2 N–H and O–H groups in total. The maximum absolute atomic E-state index is 11.7. The monoisotopic (exact) mass is 263 g/mol. The molecule has 0 aliphatic heterocycles. The summed E-state index contributed by atoms with van der Waals surface area (Å²) in [6.45, 7) is 1.77. The molecule has 7 heteroatoms. The molecule has 0 saturated carbocycles. The van der Waals surface area contributed by atoms with Crippen molar-refractivity contribution < 1.29 is 14.3 Å². The fourth-order valence-electron chi connectivity index (χ4n) is 1.68. The van der Waals surface area contributed by atoms with Crippen molar-refractivity contribution in [1.29, 1.82) is 0 Å². The normalized spacial score (nSPS) is 10.4. The zero-order valence-electron chi connectivity index (χ0n) is 10.5. The van der Waals surface area contributed by atoms with Crippen LogP contribution in [0.3, 0.4) is 0 Å². The van der Waals surface area contributed by atoms with Gasteiger partial charge in [0.1, 0.15) is 0 Å². The summed E-state index contributed by atoms with van der Waals surface area (Å²) in [4.78, 5) is 40.6. The Kier molecular flexibility index (Phi) is 3.37. The van der Waals surface area contributed by atoms with E-state index in [2.05, 4.69) is 14.7 Å². The van der Waals surface area contributed by atoms with E-state index in [0.29, 0.717) is 16.7 Å². The van der Waals surface area contributed by atoms with Crippen LogP contribution in [0.4, 0.5) is 5.69 Å². The summed E-state index contributed by atoms with van der Waals surface area (Å²) in [5, 5.41) is 0. The number of benzene rings is 1. The second-order valence-electron chi connectivity index (χ2n) is 3.89. The first-order valence-electron chi connectivity index (χ1n) is 5.69. The van der Waals surface area contributed by atoms with Gasteiger partial charge in [-0.25, -0.2) is 9.59 Å². The summed E-state index contributed by atoms with van der Waals surface area (Å²) in [6.07, 6.45) is 0. The van der Waals surface area contributed by atoms with Crippen molar-refractivity contribution in [3.63, 3.8) is 0 Å². The quantitative estimate of drug-likeness (QED) is 0.605. The van der Waals surface area contributed by atoms with Crippen LogP contribution in [0.5, 0.6) is 0 Å². The molecule has 0 saturated heterocycles. The van der Waals surface area contributed by atoms with E-state index in [4.69, 9.17) is 0 Å². The van der Waals surface area contributed by atoms with Crippen molar-refractivity contribution >= 4 is 28.6 Å². The molecule has 0 aliphatic rings. The van der Waals surface area contributed by atoms with Gasteiger partial charge in [-0.05, 0) is 25.1 Å². The maximum atomic E-state index is 11.7. The van der Waals surface area contributed by atoms with Gasteiger partial charge in [-0.2, -0.15) is 0 Å². The fraction of sp³-hybridized carbons (Fsp3) is 0.250. The highest BCUT2D eigenvalue weighted by Crippen LogP contribution is 2.18. The highest BCUT2D eigenvalue weighted by molar-refractivity contribution is 6.38. The third-order valence-electron chi connectivity index (χ3n) is 2.64. The first-order chi connectivity index (χ1) is 9.02. The molecule has 1 aromatic heterocycles. The third-order valence-corrected chi connectivity index (χ3v) is 2.64. The minimum Gasteiger partial charge on any atom is -0.459 e. The van der Waals surface area contributed by atoms with Crippen molar-refractivity contribution in [3.8, 4) is 0 Å². The number of nitrogens with zero attached hydrogens (tertiary/aromatic N) is 1. The van der Waals surface area contributed by atoms with Crippen LogP contribution in [0.25, 0.3) is 11.0 Å². The predicted octanol–water partition coefficient (Wildman–Crippen LogP) is 0.382. The molecule has 1 amide bonds. The van der Waals surface area contributed by atoms with E-state index in [1.54, 1.807) is 25.1 Å². The molecule has 0 fully saturated rings. The number of carbonyl (C=O) groups is 2. The minimum absolute atomic E-state index is 0.141. The highest BCUT2D eigenvalue weighted by Gasteiger charge is 2.21. The van der Waals surface area contributed by atoms with E-state index in [-0.39, 0.29) is 12.3 Å². The number of nitrogens with one attached hydrogen (secondary N) is 2. The molecule has 2 rings (SSSR count). The van der Waals surface area contributed by atoms with E-state index in [1.165, 1.54) is 11.9 Å². The van der Waals surface area contributed by atoms with Crippen molar-refractivity contribution in [2.75, 3.05) is 18.6 Å². The number of aromatic nitrogens is 2. The second kappa shape index (κ2) is 4.97. The number of esters is 1. The number of hydrogen-bond acceptors (Lipinski definition) is 4. The van der Waals surface area contributed by atoms with Crippen LogP contribution in [0.2, 0.25) is 0 Å². The number of ether oxygens (including phenoxy) is 1. The molecule has 0 aliphatic carbocycles. The molecule has 19 heavy (non-hydrogen) atoms. The van der Waals surface area contributed by atoms with Crippen molar-refractivity contribution in [2.45, 2.75) is 6.92 Å². The zero-order valence-corrected chi connectivity index (χ0v) is 10.5. The highest BCUT2D eigenvalue weighted by atomic mass is 16.5. The number of anilines is 1. The molecule has 0 bridgehead atoms. The van der Waals surface area contributed by atoms with Crippen LogP contribution in [0, 0.1) is 0 Å². The summed E-state index contributed by atoms with van der Waals surface area (Å²) < 4.78 is 4.64. The van der Waals surface area contributed by atoms with E-state index in [0.717, 1.165) is 0 Å². The van der Waals surface area contributed by atoms with Crippen molar-refractivity contribution in [1.82, 2.24) is 9.97 Å². The van der Waals surface area contributed by atoms with Gasteiger partial charge in [-0.15, -0.1) is 0 Å². The number of aromatic amines is 2. The Morgan fingerprint density at radius 1 is 1.26 bits per heavy atom. The molecule has 1 aromatic carbocycles. The van der Waals surface area contributed by atoms with Crippen LogP contribution in [0.1, 0.15) is 6.92 Å². The van der Waals surface area contributed by atoms with Crippen LogP contribution < -0.4 is 10.6 Å². The minimum atomic E-state index is -0.910. The molecule has 0 radical (unpaired) electrons. The SMILES string of the molecule is CCOC(=O)C(=O)N(C)c1ccc2[nH]c(=O)[nH]c2c1. The lowest BCUT2D eigenvalue weighted by molar-refractivity contribution is -0.153. The topological polar surface area (TPSA) is 95.3 Å². The average molecular weight is 263 g/mol. The Morgan fingerprint density at radius 3 is 2.63 bits per heavy atom. The van der Waals surface area contributed by atoms with Crippen LogP contribution in [-0.4, -0.2) is 35.5 Å². The predicted molar refractivity (Wildman–Crippen MR) is 69.0 cm³/mol. The van der Waals surface area contributed by atoms with Crippen LogP contribution in [0.15, 0.2) is 23.0 Å². The first-order valence-corrected chi connectivity index (χ1v) is 5.69. The molecule has 1 heterocycles. The second-order valence-corrected chi connectivity index (χ2v) is 3.89. The Labute approximate surface area is 108 Å². The molecular weight excluding hydrogens is 250 g/mol. The van der Waals surface area contributed by atoms with Crippen molar-refractivity contribution in [3.05, 3.63) is 28.7 Å².